The average molecular weight is 415 g/mol. The molecule has 9 heteroatoms. The van der Waals surface area contributed by atoms with Crippen molar-refractivity contribution in [3.05, 3.63) is 66.4 Å². The van der Waals surface area contributed by atoms with Crippen molar-refractivity contribution < 1.29 is 22.5 Å². The van der Waals surface area contributed by atoms with E-state index < -0.39 is 16.1 Å². The number of rotatable bonds is 8. The Labute approximate surface area is 168 Å². The second-order valence-electron chi connectivity index (χ2n) is 6.27. The van der Waals surface area contributed by atoms with Gasteiger partial charge in [-0.25, -0.2) is 8.42 Å². The molecule has 8 nitrogen and oxygen atoms in total. The molecule has 1 atom stereocenters. The quantitative estimate of drug-likeness (QED) is 0.582. The molecule has 1 heterocycles. The summed E-state index contributed by atoms with van der Waals surface area (Å²) < 4.78 is 37.7. The van der Waals surface area contributed by atoms with Crippen molar-refractivity contribution in [3.63, 3.8) is 0 Å². The number of carbonyl (C=O) groups excluding carboxylic acids is 1. The number of aryl methyl sites for hydroxylation is 1. The van der Waals surface area contributed by atoms with Crippen LogP contribution >= 0.6 is 0 Å². The minimum Gasteiger partial charge on any atom is -0.481 e. The number of sulfonamides is 1. The van der Waals surface area contributed by atoms with Crippen LogP contribution in [0.5, 0.6) is 5.75 Å². The molecule has 3 rings (SSSR count). The molecular formula is C20H21N3O5S. The summed E-state index contributed by atoms with van der Waals surface area (Å²) >= 11 is 0. The monoisotopic (exact) mass is 415 g/mol. The van der Waals surface area contributed by atoms with Crippen LogP contribution in [0.25, 0.3) is 0 Å². The molecule has 152 valence electrons. The number of carbonyl (C=O) groups is 1. The Hall–Kier alpha value is -3.33. The van der Waals surface area contributed by atoms with Crippen molar-refractivity contribution in [2.24, 2.45) is 0 Å². The zero-order valence-corrected chi connectivity index (χ0v) is 16.8. The number of aromatic nitrogens is 1. The van der Waals surface area contributed by atoms with E-state index >= 15 is 0 Å². The normalized spacial score (nSPS) is 12.2. The maximum Gasteiger partial charge on any atom is 0.265 e. The van der Waals surface area contributed by atoms with Crippen LogP contribution in [0.1, 0.15) is 19.1 Å². The summed E-state index contributed by atoms with van der Waals surface area (Å²) in [6, 6.07) is 16.4. The predicted octanol–water partition coefficient (Wildman–Crippen LogP) is 3.58. The largest absolute Gasteiger partial charge is 0.481 e. The third-order valence-electron chi connectivity index (χ3n) is 3.98. The number of amides is 1. The van der Waals surface area contributed by atoms with Gasteiger partial charge < -0.3 is 14.6 Å². The van der Waals surface area contributed by atoms with Crippen LogP contribution in [0.2, 0.25) is 0 Å². The van der Waals surface area contributed by atoms with Crippen LogP contribution in [0.15, 0.2) is 70.1 Å². The van der Waals surface area contributed by atoms with Gasteiger partial charge in [0.25, 0.3) is 15.9 Å². The third kappa shape index (κ3) is 5.35. The van der Waals surface area contributed by atoms with E-state index in [1.54, 1.807) is 19.1 Å². The molecule has 29 heavy (non-hydrogen) atoms. The molecule has 0 saturated carbocycles. The molecule has 0 radical (unpaired) electrons. The lowest BCUT2D eigenvalue weighted by atomic mass is 10.2. The van der Waals surface area contributed by atoms with E-state index in [0.29, 0.717) is 23.6 Å². The summed E-state index contributed by atoms with van der Waals surface area (Å²) in [5, 5.41) is 6.35. The first kappa shape index (κ1) is 20.4. The number of anilines is 2. The Balaban J connectivity index is 1.65. The second-order valence-corrected chi connectivity index (χ2v) is 7.95. The molecule has 1 aromatic heterocycles. The van der Waals surface area contributed by atoms with Gasteiger partial charge in [-0.2, -0.15) is 0 Å². The van der Waals surface area contributed by atoms with Crippen LogP contribution in [-0.4, -0.2) is 25.6 Å². The van der Waals surface area contributed by atoms with Gasteiger partial charge in [0.1, 0.15) is 11.5 Å². The lowest BCUT2D eigenvalue weighted by molar-refractivity contribution is -0.122. The van der Waals surface area contributed by atoms with E-state index in [-0.39, 0.29) is 16.6 Å². The van der Waals surface area contributed by atoms with E-state index in [2.05, 4.69) is 15.2 Å². The molecular weight excluding hydrogens is 394 g/mol. The SMILES string of the molecule is CC[C@H](Oc1ccccc1)C(=O)Nc1ccc(S(=O)(=O)Nc2cc(C)on2)cc1. The minimum absolute atomic E-state index is 0.0312. The van der Waals surface area contributed by atoms with Gasteiger partial charge in [0.15, 0.2) is 11.9 Å². The maximum atomic E-state index is 12.5. The van der Waals surface area contributed by atoms with E-state index in [4.69, 9.17) is 9.26 Å². The van der Waals surface area contributed by atoms with E-state index in [1.807, 2.05) is 25.1 Å². The molecule has 2 N–H and O–H groups in total. The van der Waals surface area contributed by atoms with E-state index in [1.165, 1.54) is 30.3 Å². The Morgan fingerprint density at radius 1 is 1.14 bits per heavy atom. The summed E-state index contributed by atoms with van der Waals surface area (Å²) in [5.41, 5.74) is 0.460. The highest BCUT2D eigenvalue weighted by atomic mass is 32.2. The summed E-state index contributed by atoms with van der Waals surface area (Å²) in [6.07, 6.45) is -0.188. The summed E-state index contributed by atoms with van der Waals surface area (Å²) in [5.74, 6) is 0.876. The Morgan fingerprint density at radius 2 is 1.83 bits per heavy atom. The lowest BCUT2D eigenvalue weighted by Gasteiger charge is -2.17. The van der Waals surface area contributed by atoms with Gasteiger partial charge >= 0.3 is 0 Å². The fourth-order valence-electron chi connectivity index (χ4n) is 2.54. The number of hydrogen-bond donors (Lipinski definition) is 2. The zero-order valence-electron chi connectivity index (χ0n) is 16.0. The van der Waals surface area contributed by atoms with Gasteiger partial charge in [-0.05, 0) is 49.7 Å². The topological polar surface area (TPSA) is 111 Å². The Bertz CT molecular complexity index is 1060. The second kappa shape index (κ2) is 8.78. The highest BCUT2D eigenvalue weighted by Gasteiger charge is 2.20. The Kier molecular flexibility index (Phi) is 6.18. The molecule has 0 bridgehead atoms. The summed E-state index contributed by atoms with van der Waals surface area (Å²) in [7, 11) is -3.82. The molecule has 0 unspecified atom stereocenters. The van der Waals surface area contributed by atoms with Gasteiger partial charge in [-0.1, -0.05) is 30.3 Å². The van der Waals surface area contributed by atoms with Crippen LogP contribution in [0.3, 0.4) is 0 Å². The van der Waals surface area contributed by atoms with Crippen LogP contribution in [-0.2, 0) is 14.8 Å². The molecule has 3 aromatic rings. The first-order valence-electron chi connectivity index (χ1n) is 8.96. The van der Waals surface area contributed by atoms with Gasteiger partial charge in [0.2, 0.25) is 0 Å². The summed E-state index contributed by atoms with van der Waals surface area (Å²) in [6.45, 7) is 3.51. The third-order valence-corrected chi connectivity index (χ3v) is 5.35. The minimum atomic E-state index is -3.82. The number of para-hydroxylation sites is 1. The number of nitrogens with zero attached hydrogens (tertiary/aromatic N) is 1. The first-order chi connectivity index (χ1) is 13.9. The molecule has 1 amide bonds. The maximum absolute atomic E-state index is 12.5. The molecule has 0 saturated heterocycles. The van der Waals surface area contributed by atoms with Gasteiger partial charge in [0.05, 0.1) is 4.90 Å². The molecule has 0 aliphatic rings. The highest BCUT2D eigenvalue weighted by molar-refractivity contribution is 7.92. The standard InChI is InChI=1S/C20H21N3O5S/c1-3-18(27-16-7-5-4-6-8-16)20(24)21-15-9-11-17(12-10-15)29(25,26)23-19-13-14(2)28-22-19/h4-13,18H,3H2,1-2H3,(H,21,24)(H,22,23)/t18-/m0/s1. The summed E-state index contributed by atoms with van der Waals surface area (Å²) in [4.78, 5) is 12.5. The molecule has 0 fully saturated rings. The highest BCUT2D eigenvalue weighted by Crippen LogP contribution is 2.19. The predicted molar refractivity (Wildman–Crippen MR) is 108 cm³/mol. The van der Waals surface area contributed by atoms with Crippen molar-refractivity contribution in [1.82, 2.24) is 5.16 Å². The van der Waals surface area contributed by atoms with Crippen molar-refractivity contribution in [1.29, 1.82) is 0 Å². The van der Waals surface area contributed by atoms with Crippen molar-refractivity contribution in [2.75, 3.05) is 10.0 Å². The Morgan fingerprint density at radius 3 is 2.41 bits per heavy atom. The number of hydrogen-bond acceptors (Lipinski definition) is 6. The fourth-order valence-corrected chi connectivity index (χ4v) is 3.52. The number of nitrogens with one attached hydrogen (secondary N) is 2. The van der Waals surface area contributed by atoms with Gasteiger partial charge in [-0.3, -0.25) is 9.52 Å². The smallest absolute Gasteiger partial charge is 0.265 e. The number of ether oxygens (including phenoxy) is 1. The first-order valence-corrected chi connectivity index (χ1v) is 10.4. The van der Waals surface area contributed by atoms with Crippen molar-refractivity contribution in [3.8, 4) is 5.75 Å². The van der Waals surface area contributed by atoms with Crippen molar-refractivity contribution in [2.45, 2.75) is 31.3 Å². The molecule has 0 aliphatic carbocycles. The fraction of sp³-hybridized carbons (Fsp3) is 0.200. The van der Waals surface area contributed by atoms with E-state index in [9.17, 15) is 13.2 Å². The van der Waals surface area contributed by atoms with Gasteiger partial charge in [-0.15, -0.1) is 0 Å². The van der Waals surface area contributed by atoms with Gasteiger partial charge in [0, 0.05) is 11.8 Å². The van der Waals surface area contributed by atoms with Crippen LogP contribution in [0, 0.1) is 6.92 Å². The lowest BCUT2D eigenvalue weighted by Crippen LogP contribution is -2.32. The molecule has 0 spiro atoms. The molecule has 0 aliphatic heterocycles. The van der Waals surface area contributed by atoms with E-state index in [0.717, 1.165) is 0 Å². The van der Waals surface area contributed by atoms with Crippen molar-refractivity contribution >= 4 is 27.4 Å². The zero-order chi connectivity index (χ0) is 20.9. The average Bonchev–Trinajstić information content (AvgIpc) is 3.11. The number of benzene rings is 2. The molecule has 2 aromatic carbocycles. The van der Waals surface area contributed by atoms with Crippen LogP contribution < -0.4 is 14.8 Å². The van der Waals surface area contributed by atoms with Crippen LogP contribution in [0.4, 0.5) is 11.5 Å².